The molecule has 0 aliphatic carbocycles. The fraction of sp³-hybridized carbons (Fsp3) is 0.267. The predicted molar refractivity (Wildman–Crippen MR) is 140 cm³/mol. The number of benzene rings is 3. The van der Waals surface area contributed by atoms with Gasteiger partial charge >= 0.3 is 0 Å². The number of aromatic hydroxyl groups is 1. The molecule has 0 saturated heterocycles. The van der Waals surface area contributed by atoms with E-state index < -0.39 is 0 Å². The van der Waals surface area contributed by atoms with Crippen molar-refractivity contribution in [3.63, 3.8) is 0 Å². The summed E-state index contributed by atoms with van der Waals surface area (Å²) in [4.78, 5) is 15.4. The topological polar surface area (TPSA) is 78.5 Å². The number of phenols is 1. The van der Waals surface area contributed by atoms with Crippen molar-refractivity contribution in [3.8, 4) is 22.8 Å². The Labute approximate surface area is 211 Å². The molecule has 6 nitrogen and oxygen atoms in total. The van der Waals surface area contributed by atoms with Crippen LogP contribution in [0.3, 0.4) is 0 Å². The van der Waals surface area contributed by atoms with Crippen LogP contribution in [0.5, 0.6) is 11.5 Å². The molecule has 4 aromatic rings. The number of unbranched alkanes of at least 4 members (excludes halogenated alkanes) is 1. The molecule has 1 aromatic heterocycles. The molecule has 0 spiro atoms. The van der Waals surface area contributed by atoms with Crippen LogP contribution in [0.1, 0.15) is 64.1 Å². The summed E-state index contributed by atoms with van der Waals surface area (Å²) in [6.45, 7) is 7.13. The molecular formula is C30H31N3O3. The lowest BCUT2D eigenvalue weighted by Gasteiger charge is -2.26. The summed E-state index contributed by atoms with van der Waals surface area (Å²) >= 11 is 0. The molecule has 0 radical (unpaired) electrons. The fourth-order valence-corrected chi connectivity index (χ4v) is 4.94. The summed E-state index contributed by atoms with van der Waals surface area (Å²) in [6.07, 6.45) is 1.89. The molecule has 1 aliphatic rings. The number of H-pyrrole nitrogens is 1. The molecule has 0 fully saturated rings. The smallest absolute Gasteiger partial charge is 0.273 e. The Morgan fingerprint density at radius 3 is 2.53 bits per heavy atom. The SMILES string of the molecule is CCCCN1C(=O)c2[nH]nc(-c3cc(C)cc(C)c3O)c2C1c1ccc(OCc2ccccc2)cc1. The van der Waals surface area contributed by atoms with E-state index in [1.807, 2.05) is 85.5 Å². The first-order chi connectivity index (χ1) is 17.5. The number of aryl methyl sites for hydroxylation is 2. The number of amides is 1. The quantitative estimate of drug-likeness (QED) is 0.309. The Kier molecular flexibility index (Phi) is 6.51. The summed E-state index contributed by atoms with van der Waals surface area (Å²) in [6, 6.07) is 21.6. The Hall–Kier alpha value is -4.06. The van der Waals surface area contributed by atoms with E-state index in [-0.39, 0.29) is 17.7 Å². The maximum Gasteiger partial charge on any atom is 0.273 e. The zero-order valence-electron chi connectivity index (χ0n) is 20.9. The Morgan fingerprint density at radius 2 is 1.81 bits per heavy atom. The number of fused-ring (bicyclic) bond motifs is 1. The van der Waals surface area contributed by atoms with E-state index in [4.69, 9.17) is 4.74 Å². The van der Waals surface area contributed by atoms with Gasteiger partial charge in [0, 0.05) is 17.7 Å². The van der Waals surface area contributed by atoms with Crippen molar-refractivity contribution in [1.82, 2.24) is 15.1 Å². The second-order valence-corrected chi connectivity index (χ2v) is 9.44. The zero-order valence-corrected chi connectivity index (χ0v) is 20.9. The average molecular weight is 482 g/mol. The number of nitrogens with zero attached hydrogens (tertiary/aromatic N) is 2. The van der Waals surface area contributed by atoms with E-state index in [1.54, 1.807) is 0 Å². The van der Waals surface area contributed by atoms with E-state index >= 15 is 0 Å². The minimum atomic E-state index is -0.295. The first-order valence-electron chi connectivity index (χ1n) is 12.4. The number of aromatic amines is 1. The molecule has 36 heavy (non-hydrogen) atoms. The highest BCUT2D eigenvalue weighted by atomic mass is 16.5. The van der Waals surface area contributed by atoms with Crippen LogP contribution in [0, 0.1) is 13.8 Å². The van der Waals surface area contributed by atoms with Gasteiger partial charge in [0.25, 0.3) is 5.91 Å². The maximum atomic E-state index is 13.4. The molecule has 1 atom stereocenters. The molecule has 6 heteroatoms. The number of aromatic nitrogens is 2. The van der Waals surface area contributed by atoms with Gasteiger partial charge in [-0.2, -0.15) is 5.10 Å². The monoisotopic (exact) mass is 481 g/mol. The third-order valence-electron chi connectivity index (χ3n) is 6.76. The second-order valence-electron chi connectivity index (χ2n) is 9.44. The van der Waals surface area contributed by atoms with Gasteiger partial charge in [-0.15, -0.1) is 0 Å². The van der Waals surface area contributed by atoms with Gasteiger partial charge in [0.1, 0.15) is 29.5 Å². The number of carbonyl (C=O) groups excluding carboxylic acids is 1. The van der Waals surface area contributed by atoms with Crippen molar-refractivity contribution in [3.05, 3.63) is 100 Å². The van der Waals surface area contributed by atoms with Crippen LogP contribution in [0.4, 0.5) is 0 Å². The first kappa shape index (κ1) is 23.7. The third-order valence-corrected chi connectivity index (χ3v) is 6.76. The van der Waals surface area contributed by atoms with E-state index in [1.165, 1.54) is 0 Å². The van der Waals surface area contributed by atoms with Crippen LogP contribution in [0.15, 0.2) is 66.7 Å². The van der Waals surface area contributed by atoms with Crippen LogP contribution in [-0.4, -0.2) is 32.7 Å². The Bertz CT molecular complexity index is 1380. The highest BCUT2D eigenvalue weighted by Gasteiger charge is 2.42. The average Bonchev–Trinajstić information content (AvgIpc) is 3.43. The van der Waals surface area contributed by atoms with E-state index in [0.717, 1.165) is 46.4 Å². The summed E-state index contributed by atoms with van der Waals surface area (Å²) in [5.41, 5.74) is 6.47. The van der Waals surface area contributed by atoms with Crippen molar-refractivity contribution in [2.75, 3.05) is 6.54 Å². The molecule has 3 aromatic carbocycles. The number of rotatable bonds is 8. The summed E-state index contributed by atoms with van der Waals surface area (Å²) in [5, 5.41) is 18.4. The van der Waals surface area contributed by atoms with Gasteiger partial charge in [0.05, 0.1) is 6.04 Å². The van der Waals surface area contributed by atoms with Gasteiger partial charge in [0.15, 0.2) is 0 Å². The molecule has 2 N–H and O–H groups in total. The number of nitrogens with one attached hydrogen (secondary N) is 1. The molecule has 0 bridgehead atoms. The number of phenolic OH excluding ortho intramolecular Hbond substituents is 1. The van der Waals surface area contributed by atoms with Crippen molar-refractivity contribution < 1.29 is 14.6 Å². The van der Waals surface area contributed by atoms with Gasteiger partial charge in [-0.25, -0.2) is 0 Å². The number of hydrogen-bond acceptors (Lipinski definition) is 4. The highest BCUT2D eigenvalue weighted by Crippen LogP contribution is 2.45. The van der Waals surface area contributed by atoms with Gasteiger partial charge in [-0.1, -0.05) is 61.9 Å². The van der Waals surface area contributed by atoms with Crippen LogP contribution < -0.4 is 4.74 Å². The lowest BCUT2D eigenvalue weighted by atomic mass is 9.94. The standard InChI is InChI=1S/C30H31N3O3/c1-4-5-15-33-28(22-11-13-23(14-12-22)36-18-21-9-7-6-8-10-21)25-26(31-32-27(25)30(33)35)24-17-19(2)16-20(3)29(24)34/h6-14,16-17,28,34H,4-5,15,18H2,1-3H3,(H,31,32). The molecule has 184 valence electrons. The maximum absolute atomic E-state index is 13.4. The minimum absolute atomic E-state index is 0.0598. The summed E-state index contributed by atoms with van der Waals surface area (Å²) in [7, 11) is 0. The molecular weight excluding hydrogens is 450 g/mol. The molecule has 1 amide bonds. The molecule has 1 unspecified atom stereocenters. The van der Waals surface area contributed by atoms with Crippen molar-refractivity contribution in [2.45, 2.75) is 46.3 Å². The predicted octanol–water partition coefficient (Wildman–Crippen LogP) is 6.32. The van der Waals surface area contributed by atoms with Gasteiger partial charge in [-0.05, 0) is 60.7 Å². The van der Waals surface area contributed by atoms with Crippen LogP contribution in [0.2, 0.25) is 0 Å². The van der Waals surface area contributed by atoms with Crippen LogP contribution >= 0.6 is 0 Å². The van der Waals surface area contributed by atoms with Crippen LogP contribution in [-0.2, 0) is 6.61 Å². The van der Waals surface area contributed by atoms with Crippen molar-refractivity contribution >= 4 is 5.91 Å². The van der Waals surface area contributed by atoms with Crippen molar-refractivity contribution in [1.29, 1.82) is 0 Å². The zero-order chi connectivity index (χ0) is 25.2. The minimum Gasteiger partial charge on any atom is -0.507 e. The van der Waals surface area contributed by atoms with Gasteiger partial charge in [-0.3, -0.25) is 9.89 Å². The van der Waals surface area contributed by atoms with Gasteiger partial charge < -0.3 is 14.7 Å². The second kappa shape index (κ2) is 9.90. The van der Waals surface area contributed by atoms with Crippen LogP contribution in [0.25, 0.3) is 11.3 Å². The van der Waals surface area contributed by atoms with E-state index in [0.29, 0.717) is 30.1 Å². The lowest BCUT2D eigenvalue weighted by molar-refractivity contribution is 0.0741. The summed E-state index contributed by atoms with van der Waals surface area (Å²) in [5.74, 6) is 0.903. The van der Waals surface area contributed by atoms with E-state index in [9.17, 15) is 9.90 Å². The number of ether oxygens (including phenoxy) is 1. The Balaban J connectivity index is 1.52. The largest absolute Gasteiger partial charge is 0.507 e. The number of carbonyl (C=O) groups is 1. The van der Waals surface area contributed by atoms with Crippen molar-refractivity contribution in [2.24, 2.45) is 0 Å². The molecule has 2 heterocycles. The number of hydrogen-bond donors (Lipinski definition) is 2. The fourth-order valence-electron chi connectivity index (χ4n) is 4.94. The van der Waals surface area contributed by atoms with E-state index in [2.05, 4.69) is 17.1 Å². The summed E-state index contributed by atoms with van der Waals surface area (Å²) < 4.78 is 5.98. The molecule has 0 saturated carbocycles. The molecule has 5 rings (SSSR count). The lowest BCUT2D eigenvalue weighted by Crippen LogP contribution is -2.30. The third kappa shape index (κ3) is 4.35. The van der Waals surface area contributed by atoms with Gasteiger partial charge in [0.2, 0.25) is 0 Å². The highest BCUT2D eigenvalue weighted by molar-refractivity contribution is 6.00. The normalized spacial score (nSPS) is 14.8. The first-order valence-corrected chi connectivity index (χ1v) is 12.4. The Morgan fingerprint density at radius 1 is 1.06 bits per heavy atom. The molecule has 1 aliphatic heterocycles.